The van der Waals surface area contributed by atoms with Crippen LogP contribution in [0.15, 0.2) is 60.7 Å². The summed E-state index contributed by atoms with van der Waals surface area (Å²) < 4.78 is 0. The lowest BCUT2D eigenvalue weighted by Crippen LogP contribution is -2.51. The smallest absolute Gasteiger partial charge is 0.325 e. The molecule has 6 heteroatoms. The van der Waals surface area contributed by atoms with Gasteiger partial charge in [0.15, 0.2) is 0 Å². The zero-order chi connectivity index (χ0) is 19.3. The van der Waals surface area contributed by atoms with Crippen molar-refractivity contribution in [3.63, 3.8) is 0 Å². The highest BCUT2D eigenvalue weighted by atomic mass is 16.2. The van der Waals surface area contributed by atoms with Gasteiger partial charge in [0.1, 0.15) is 6.54 Å². The molecule has 2 aromatic rings. The molecule has 0 atom stereocenters. The average Bonchev–Trinajstić information content (AvgIpc) is 3.10. The molecule has 2 fully saturated rings. The fourth-order valence-electron chi connectivity index (χ4n) is 3.84. The largest absolute Gasteiger partial charge is 0.339 e. The lowest BCUT2D eigenvalue weighted by molar-refractivity contribution is -0.133. The maximum Gasteiger partial charge on any atom is 0.325 e. The number of para-hydroxylation sites is 1. The van der Waals surface area contributed by atoms with E-state index in [0.29, 0.717) is 13.1 Å². The maximum atomic E-state index is 12.7. The van der Waals surface area contributed by atoms with Gasteiger partial charge in [-0.15, -0.1) is 0 Å². The molecular formula is C22H26N4O2. The molecule has 0 N–H and O–H groups in total. The fourth-order valence-corrected chi connectivity index (χ4v) is 3.84. The monoisotopic (exact) mass is 378 g/mol. The first-order valence-electron chi connectivity index (χ1n) is 9.86. The Bertz CT molecular complexity index is 804. The first kappa shape index (κ1) is 18.5. The molecule has 2 saturated heterocycles. The van der Waals surface area contributed by atoms with Crippen molar-refractivity contribution in [1.29, 1.82) is 0 Å². The Morgan fingerprint density at radius 1 is 0.786 bits per heavy atom. The van der Waals surface area contributed by atoms with Gasteiger partial charge in [0, 0.05) is 51.5 Å². The number of rotatable bonds is 5. The van der Waals surface area contributed by atoms with Crippen LogP contribution in [-0.4, -0.2) is 72.5 Å². The normalized spacial score (nSPS) is 18.0. The average molecular weight is 378 g/mol. The summed E-state index contributed by atoms with van der Waals surface area (Å²) in [6.07, 6.45) is 0. The van der Waals surface area contributed by atoms with Crippen LogP contribution in [0.1, 0.15) is 5.56 Å². The van der Waals surface area contributed by atoms with Gasteiger partial charge in [0.2, 0.25) is 5.91 Å². The summed E-state index contributed by atoms with van der Waals surface area (Å²) in [7, 11) is 0. The number of benzene rings is 2. The highest BCUT2D eigenvalue weighted by Crippen LogP contribution is 2.20. The van der Waals surface area contributed by atoms with Crippen molar-refractivity contribution >= 4 is 17.6 Å². The van der Waals surface area contributed by atoms with Crippen LogP contribution in [-0.2, 0) is 11.3 Å². The summed E-state index contributed by atoms with van der Waals surface area (Å²) in [4.78, 5) is 33.0. The van der Waals surface area contributed by atoms with E-state index < -0.39 is 0 Å². The topological polar surface area (TPSA) is 47.1 Å². The molecule has 0 unspecified atom stereocenters. The van der Waals surface area contributed by atoms with E-state index in [1.165, 1.54) is 5.56 Å². The molecule has 146 valence electrons. The Kier molecular flexibility index (Phi) is 5.58. The number of nitrogens with zero attached hydrogens (tertiary/aromatic N) is 4. The SMILES string of the molecule is O=C(CN1CCN(c2ccccc2)C1=O)N1CCN(Cc2ccccc2)CC1. The third-order valence-electron chi connectivity index (χ3n) is 5.46. The van der Waals surface area contributed by atoms with Crippen molar-refractivity contribution in [2.24, 2.45) is 0 Å². The standard InChI is InChI=1S/C22H26N4O2/c27-21(18-25-15-16-26(22(25)28)20-9-5-2-6-10-20)24-13-11-23(12-14-24)17-19-7-3-1-4-8-19/h1-10H,11-18H2. The Morgan fingerprint density at radius 3 is 2.11 bits per heavy atom. The van der Waals surface area contributed by atoms with Crippen LogP contribution < -0.4 is 4.90 Å². The highest BCUT2D eigenvalue weighted by Gasteiger charge is 2.32. The molecule has 2 aliphatic heterocycles. The summed E-state index contributed by atoms with van der Waals surface area (Å²) >= 11 is 0. The zero-order valence-electron chi connectivity index (χ0n) is 16.0. The van der Waals surface area contributed by atoms with Gasteiger partial charge in [-0.3, -0.25) is 14.6 Å². The molecule has 28 heavy (non-hydrogen) atoms. The van der Waals surface area contributed by atoms with Crippen LogP contribution in [0.4, 0.5) is 10.5 Å². The highest BCUT2D eigenvalue weighted by molar-refractivity contribution is 5.96. The third kappa shape index (κ3) is 4.17. The van der Waals surface area contributed by atoms with E-state index >= 15 is 0 Å². The molecule has 0 aromatic heterocycles. The number of hydrogen-bond acceptors (Lipinski definition) is 3. The minimum Gasteiger partial charge on any atom is -0.339 e. The molecule has 0 spiro atoms. The van der Waals surface area contributed by atoms with E-state index in [1.807, 2.05) is 41.3 Å². The molecule has 3 amide bonds. The van der Waals surface area contributed by atoms with Crippen LogP contribution in [0.25, 0.3) is 0 Å². The molecule has 6 nitrogen and oxygen atoms in total. The van der Waals surface area contributed by atoms with E-state index in [2.05, 4.69) is 29.2 Å². The summed E-state index contributed by atoms with van der Waals surface area (Å²) in [6.45, 7) is 5.47. The van der Waals surface area contributed by atoms with Crippen LogP contribution in [0, 0.1) is 0 Å². The molecule has 4 rings (SSSR count). The molecule has 0 saturated carbocycles. The minimum atomic E-state index is -0.0812. The second-order valence-electron chi connectivity index (χ2n) is 7.33. The van der Waals surface area contributed by atoms with Gasteiger partial charge in [-0.1, -0.05) is 48.5 Å². The van der Waals surface area contributed by atoms with Crippen LogP contribution in [0.3, 0.4) is 0 Å². The molecule has 0 aliphatic carbocycles. The second kappa shape index (κ2) is 8.44. The molecule has 2 heterocycles. The minimum absolute atomic E-state index is 0.0441. The van der Waals surface area contributed by atoms with Crippen molar-refractivity contribution in [2.75, 3.05) is 50.7 Å². The van der Waals surface area contributed by atoms with Gasteiger partial charge >= 0.3 is 6.03 Å². The second-order valence-corrected chi connectivity index (χ2v) is 7.33. The maximum absolute atomic E-state index is 12.7. The van der Waals surface area contributed by atoms with Crippen molar-refractivity contribution in [3.8, 4) is 0 Å². The Balaban J connectivity index is 1.26. The number of urea groups is 1. The van der Waals surface area contributed by atoms with Crippen LogP contribution in [0.5, 0.6) is 0 Å². The molecule has 2 aliphatic rings. The molecule has 0 radical (unpaired) electrons. The lowest BCUT2D eigenvalue weighted by Gasteiger charge is -2.35. The number of piperazine rings is 1. The summed E-state index contributed by atoms with van der Waals surface area (Å²) in [5.41, 5.74) is 2.18. The Labute approximate surface area is 165 Å². The number of hydrogen-bond donors (Lipinski definition) is 0. The van der Waals surface area contributed by atoms with Crippen LogP contribution in [0.2, 0.25) is 0 Å². The summed E-state index contributed by atoms with van der Waals surface area (Å²) in [5.74, 6) is 0.0441. The zero-order valence-corrected chi connectivity index (χ0v) is 16.0. The van der Waals surface area contributed by atoms with Crippen molar-refractivity contribution in [1.82, 2.24) is 14.7 Å². The Hall–Kier alpha value is -2.86. The fraction of sp³-hybridized carbons (Fsp3) is 0.364. The van der Waals surface area contributed by atoms with E-state index in [1.54, 1.807) is 9.80 Å². The number of carbonyl (C=O) groups excluding carboxylic acids is 2. The number of anilines is 1. The van der Waals surface area contributed by atoms with E-state index in [4.69, 9.17) is 0 Å². The lowest BCUT2D eigenvalue weighted by atomic mass is 10.2. The summed E-state index contributed by atoms with van der Waals surface area (Å²) in [6, 6.07) is 20.0. The van der Waals surface area contributed by atoms with Gasteiger partial charge in [-0.05, 0) is 17.7 Å². The van der Waals surface area contributed by atoms with E-state index in [-0.39, 0.29) is 18.5 Å². The quantitative estimate of drug-likeness (QED) is 0.802. The number of carbonyl (C=O) groups is 2. The van der Waals surface area contributed by atoms with Gasteiger partial charge in [0.25, 0.3) is 0 Å². The first-order valence-corrected chi connectivity index (χ1v) is 9.86. The first-order chi connectivity index (χ1) is 13.7. The molecule has 0 bridgehead atoms. The van der Waals surface area contributed by atoms with Crippen LogP contribution >= 0.6 is 0 Å². The van der Waals surface area contributed by atoms with E-state index in [9.17, 15) is 9.59 Å². The molecule has 2 aromatic carbocycles. The molecular weight excluding hydrogens is 352 g/mol. The van der Waals surface area contributed by atoms with Gasteiger partial charge < -0.3 is 9.80 Å². The third-order valence-corrected chi connectivity index (χ3v) is 5.46. The predicted octanol–water partition coefficient (Wildman–Crippen LogP) is 2.27. The van der Waals surface area contributed by atoms with Crippen molar-refractivity contribution in [3.05, 3.63) is 66.2 Å². The summed E-state index contributed by atoms with van der Waals surface area (Å²) in [5, 5.41) is 0. The van der Waals surface area contributed by atoms with E-state index in [0.717, 1.165) is 38.4 Å². The Morgan fingerprint density at radius 2 is 1.43 bits per heavy atom. The van der Waals surface area contributed by atoms with Crippen molar-refractivity contribution < 1.29 is 9.59 Å². The van der Waals surface area contributed by atoms with Gasteiger partial charge in [-0.25, -0.2) is 4.79 Å². The van der Waals surface area contributed by atoms with Gasteiger partial charge in [0.05, 0.1) is 0 Å². The predicted molar refractivity (Wildman–Crippen MR) is 109 cm³/mol. The van der Waals surface area contributed by atoms with Gasteiger partial charge in [-0.2, -0.15) is 0 Å². The number of amides is 3. The van der Waals surface area contributed by atoms with Crippen molar-refractivity contribution in [2.45, 2.75) is 6.54 Å².